The molecule has 2 fully saturated rings. The summed E-state index contributed by atoms with van der Waals surface area (Å²) in [5.41, 5.74) is 1.67. The van der Waals surface area contributed by atoms with Crippen LogP contribution in [0.2, 0.25) is 0 Å². The lowest BCUT2D eigenvalue weighted by Crippen LogP contribution is -2.47. The van der Waals surface area contributed by atoms with Gasteiger partial charge in [0.15, 0.2) is 0 Å². The second kappa shape index (κ2) is 9.28. The quantitative estimate of drug-likeness (QED) is 0.780. The van der Waals surface area contributed by atoms with Gasteiger partial charge in [-0.2, -0.15) is 0 Å². The second-order valence-corrected chi connectivity index (χ2v) is 8.10. The molecule has 0 spiro atoms. The van der Waals surface area contributed by atoms with Gasteiger partial charge in [-0.15, -0.1) is 0 Å². The predicted molar refractivity (Wildman–Crippen MR) is 115 cm³/mol. The third-order valence-corrected chi connectivity index (χ3v) is 6.08. The monoisotopic (exact) mass is 409 g/mol. The molecule has 2 saturated heterocycles. The number of hydrogen-bond donors (Lipinski definition) is 0. The maximum absolute atomic E-state index is 13.2. The Morgan fingerprint density at radius 1 is 0.800 bits per heavy atom. The van der Waals surface area contributed by atoms with E-state index in [1.807, 2.05) is 40.1 Å². The summed E-state index contributed by atoms with van der Waals surface area (Å²) in [6.07, 6.45) is 2.56. The summed E-state index contributed by atoms with van der Waals surface area (Å²) in [6, 6.07) is 15.8. The highest BCUT2D eigenvalue weighted by Gasteiger charge is 2.32. The van der Waals surface area contributed by atoms with Crippen molar-refractivity contribution in [1.82, 2.24) is 9.80 Å². The molecular weight excluding hydrogens is 381 g/mol. The maximum atomic E-state index is 13.2. The summed E-state index contributed by atoms with van der Waals surface area (Å²) in [4.78, 5) is 32.0. The average molecular weight is 410 g/mol. The molecular formula is C24H28FN3O2. The van der Waals surface area contributed by atoms with Crippen molar-refractivity contribution in [2.75, 3.05) is 44.2 Å². The van der Waals surface area contributed by atoms with E-state index in [9.17, 15) is 14.0 Å². The van der Waals surface area contributed by atoms with Crippen molar-refractivity contribution in [1.29, 1.82) is 0 Å². The summed E-state index contributed by atoms with van der Waals surface area (Å²) in [6.45, 7) is 4.15. The molecule has 1 unspecified atom stereocenters. The van der Waals surface area contributed by atoms with E-state index in [0.717, 1.165) is 44.6 Å². The molecule has 2 amide bonds. The summed E-state index contributed by atoms with van der Waals surface area (Å²) >= 11 is 0. The minimum atomic E-state index is -0.239. The molecule has 2 aliphatic heterocycles. The number of nitrogens with zero attached hydrogens (tertiary/aromatic N) is 3. The highest BCUT2D eigenvalue weighted by molar-refractivity contribution is 5.94. The van der Waals surface area contributed by atoms with Crippen LogP contribution in [0.5, 0.6) is 0 Å². The van der Waals surface area contributed by atoms with Gasteiger partial charge < -0.3 is 14.7 Å². The van der Waals surface area contributed by atoms with Crippen molar-refractivity contribution in [3.8, 4) is 0 Å². The lowest BCUT2D eigenvalue weighted by molar-refractivity contribution is -0.136. The van der Waals surface area contributed by atoms with Gasteiger partial charge in [0.05, 0.1) is 5.92 Å². The van der Waals surface area contributed by atoms with Crippen LogP contribution in [-0.2, 0) is 4.79 Å². The van der Waals surface area contributed by atoms with Gasteiger partial charge in [-0.3, -0.25) is 9.59 Å². The minimum absolute atomic E-state index is 0.00597. The standard InChI is InChI=1S/C24H28FN3O2/c25-21-9-11-22(12-10-21)26-14-5-15-27(17-16-26)24(30)20-8-4-13-28(18-20)23(29)19-6-2-1-3-7-19/h1-3,6-7,9-12,20H,4-5,8,13-18H2. The van der Waals surface area contributed by atoms with E-state index < -0.39 is 0 Å². The van der Waals surface area contributed by atoms with Crippen LogP contribution in [-0.4, -0.2) is 60.9 Å². The first-order chi connectivity index (χ1) is 14.6. The van der Waals surface area contributed by atoms with Gasteiger partial charge in [0, 0.05) is 50.5 Å². The predicted octanol–water partition coefficient (Wildman–Crippen LogP) is 3.42. The molecule has 0 radical (unpaired) electrons. The summed E-state index contributed by atoms with van der Waals surface area (Å²) in [5.74, 6) is -0.214. The lowest BCUT2D eigenvalue weighted by atomic mass is 9.95. The molecule has 2 aromatic rings. The fourth-order valence-electron chi connectivity index (χ4n) is 4.43. The number of anilines is 1. The van der Waals surface area contributed by atoms with Crippen LogP contribution in [0.15, 0.2) is 54.6 Å². The molecule has 0 bridgehead atoms. The van der Waals surface area contributed by atoms with Crippen LogP contribution in [0.4, 0.5) is 10.1 Å². The van der Waals surface area contributed by atoms with Crippen LogP contribution in [0.1, 0.15) is 29.6 Å². The Hall–Kier alpha value is -2.89. The zero-order valence-corrected chi connectivity index (χ0v) is 17.2. The van der Waals surface area contributed by atoms with Crippen molar-refractivity contribution in [2.24, 2.45) is 5.92 Å². The average Bonchev–Trinajstić information content (AvgIpc) is 3.06. The highest BCUT2D eigenvalue weighted by Crippen LogP contribution is 2.23. The minimum Gasteiger partial charge on any atom is -0.370 e. The van der Waals surface area contributed by atoms with Gasteiger partial charge >= 0.3 is 0 Å². The molecule has 0 N–H and O–H groups in total. The number of carbonyl (C=O) groups is 2. The van der Waals surface area contributed by atoms with E-state index in [2.05, 4.69) is 4.90 Å². The van der Waals surface area contributed by atoms with E-state index in [1.54, 1.807) is 12.1 Å². The Kier molecular flexibility index (Phi) is 6.31. The van der Waals surface area contributed by atoms with Crippen molar-refractivity contribution < 1.29 is 14.0 Å². The molecule has 5 nitrogen and oxygen atoms in total. The SMILES string of the molecule is O=C(c1ccccc1)N1CCCC(C(=O)N2CCCN(c3ccc(F)cc3)CC2)C1. The Bertz CT molecular complexity index is 872. The Morgan fingerprint density at radius 2 is 1.53 bits per heavy atom. The van der Waals surface area contributed by atoms with Crippen LogP contribution >= 0.6 is 0 Å². The first-order valence-electron chi connectivity index (χ1n) is 10.8. The van der Waals surface area contributed by atoms with Crippen LogP contribution < -0.4 is 4.90 Å². The van der Waals surface area contributed by atoms with Crippen molar-refractivity contribution >= 4 is 17.5 Å². The number of carbonyl (C=O) groups excluding carboxylic acids is 2. The third kappa shape index (κ3) is 4.64. The van der Waals surface area contributed by atoms with E-state index in [4.69, 9.17) is 0 Å². The van der Waals surface area contributed by atoms with Crippen LogP contribution in [0.3, 0.4) is 0 Å². The Balaban J connectivity index is 1.36. The Morgan fingerprint density at radius 3 is 2.30 bits per heavy atom. The van der Waals surface area contributed by atoms with Gasteiger partial charge in [-0.1, -0.05) is 18.2 Å². The third-order valence-electron chi connectivity index (χ3n) is 6.08. The summed E-state index contributed by atoms with van der Waals surface area (Å²) < 4.78 is 13.2. The Labute approximate surface area is 177 Å². The van der Waals surface area contributed by atoms with Gasteiger partial charge in [0.1, 0.15) is 5.82 Å². The second-order valence-electron chi connectivity index (χ2n) is 8.10. The largest absolute Gasteiger partial charge is 0.370 e. The first-order valence-corrected chi connectivity index (χ1v) is 10.8. The van der Waals surface area contributed by atoms with Crippen molar-refractivity contribution in [3.05, 3.63) is 66.0 Å². The molecule has 6 heteroatoms. The normalized spacial score (nSPS) is 20.0. The molecule has 4 rings (SSSR count). The zero-order chi connectivity index (χ0) is 20.9. The fourth-order valence-corrected chi connectivity index (χ4v) is 4.43. The molecule has 0 aliphatic carbocycles. The molecule has 1 atom stereocenters. The van der Waals surface area contributed by atoms with Gasteiger partial charge in [0.25, 0.3) is 5.91 Å². The number of halogens is 1. The van der Waals surface area contributed by atoms with Gasteiger partial charge in [-0.25, -0.2) is 4.39 Å². The molecule has 2 aliphatic rings. The number of hydrogen-bond acceptors (Lipinski definition) is 3. The maximum Gasteiger partial charge on any atom is 0.253 e. The smallest absolute Gasteiger partial charge is 0.253 e. The number of likely N-dealkylation sites (tertiary alicyclic amines) is 1. The van der Waals surface area contributed by atoms with Gasteiger partial charge in [0.2, 0.25) is 5.91 Å². The molecule has 2 aromatic carbocycles. The summed E-state index contributed by atoms with van der Waals surface area (Å²) in [5, 5.41) is 0. The van der Waals surface area contributed by atoms with E-state index in [0.29, 0.717) is 25.2 Å². The van der Waals surface area contributed by atoms with Crippen LogP contribution in [0.25, 0.3) is 0 Å². The molecule has 0 saturated carbocycles. The molecule has 0 aromatic heterocycles. The number of amides is 2. The van der Waals surface area contributed by atoms with Crippen molar-refractivity contribution in [2.45, 2.75) is 19.3 Å². The lowest BCUT2D eigenvalue weighted by Gasteiger charge is -2.35. The molecule has 158 valence electrons. The highest BCUT2D eigenvalue weighted by atomic mass is 19.1. The van der Waals surface area contributed by atoms with E-state index in [1.165, 1.54) is 12.1 Å². The molecule has 2 heterocycles. The van der Waals surface area contributed by atoms with E-state index in [-0.39, 0.29) is 23.5 Å². The molecule has 30 heavy (non-hydrogen) atoms. The van der Waals surface area contributed by atoms with Crippen LogP contribution in [0, 0.1) is 11.7 Å². The zero-order valence-electron chi connectivity index (χ0n) is 17.2. The van der Waals surface area contributed by atoms with E-state index >= 15 is 0 Å². The number of rotatable bonds is 3. The first kappa shape index (κ1) is 20.4. The van der Waals surface area contributed by atoms with Gasteiger partial charge in [-0.05, 0) is 55.7 Å². The topological polar surface area (TPSA) is 43.9 Å². The van der Waals surface area contributed by atoms with Crippen molar-refractivity contribution in [3.63, 3.8) is 0 Å². The fraction of sp³-hybridized carbons (Fsp3) is 0.417. The summed E-state index contributed by atoms with van der Waals surface area (Å²) in [7, 11) is 0. The number of benzene rings is 2. The number of piperidine rings is 1.